The summed E-state index contributed by atoms with van der Waals surface area (Å²) in [6.45, 7) is 0.734. The molecule has 5 rings (SSSR count). The van der Waals surface area contributed by atoms with Crippen LogP contribution in [-0.2, 0) is 12.7 Å². The molecular formula is C25H26F3N3O4. The fourth-order valence-electron chi connectivity index (χ4n) is 4.77. The summed E-state index contributed by atoms with van der Waals surface area (Å²) in [5.74, 6) is 1.33. The number of ether oxygens (including phenoxy) is 2. The van der Waals surface area contributed by atoms with Crippen LogP contribution in [0.3, 0.4) is 0 Å². The van der Waals surface area contributed by atoms with Gasteiger partial charge in [-0.15, -0.1) is 0 Å². The largest absolute Gasteiger partial charge is 0.493 e. The predicted octanol–water partition coefficient (Wildman–Crippen LogP) is 5.49. The summed E-state index contributed by atoms with van der Waals surface area (Å²) < 4.78 is 57.2. The first-order chi connectivity index (χ1) is 16.8. The number of amides is 2. The molecule has 2 heterocycles. The number of alkyl halides is 3. The predicted molar refractivity (Wildman–Crippen MR) is 121 cm³/mol. The van der Waals surface area contributed by atoms with Gasteiger partial charge in [-0.3, -0.25) is 0 Å². The number of methoxy groups -OCH3 is 1. The zero-order valence-corrected chi connectivity index (χ0v) is 19.2. The molecule has 0 bridgehead atoms. The number of hydrogen-bond donors (Lipinski definition) is 1. The number of oxazole rings is 1. The second-order valence-electron chi connectivity index (χ2n) is 8.96. The maximum atomic E-state index is 13.3. The maximum absolute atomic E-state index is 13.3. The van der Waals surface area contributed by atoms with Gasteiger partial charge in [0.05, 0.1) is 25.3 Å². The van der Waals surface area contributed by atoms with E-state index < -0.39 is 11.7 Å². The Bertz CT molecular complexity index is 1220. The van der Waals surface area contributed by atoms with E-state index in [1.54, 1.807) is 7.11 Å². The third kappa shape index (κ3) is 4.87. The minimum absolute atomic E-state index is 0.0349. The Balaban J connectivity index is 1.35. The van der Waals surface area contributed by atoms with Crippen LogP contribution >= 0.6 is 0 Å². The van der Waals surface area contributed by atoms with Crippen LogP contribution in [0.1, 0.15) is 48.6 Å². The van der Waals surface area contributed by atoms with Crippen LogP contribution in [0.15, 0.2) is 40.8 Å². The molecule has 1 atom stereocenters. The molecule has 1 N–H and O–H groups in total. The second-order valence-corrected chi connectivity index (χ2v) is 8.96. The van der Waals surface area contributed by atoms with Gasteiger partial charge >= 0.3 is 12.2 Å². The summed E-state index contributed by atoms with van der Waals surface area (Å²) in [6, 6.07) is 9.10. The minimum Gasteiger partial charge on any atom is -0.493 e. The van der Waals surface area contributed by atoms with Crippen molar-refractivity contribution >= 4 is 17.1 Å². The molecule has 0 spiro atoms. The molecule has 3 aromatic rings. The molecule has 2 fully saturated rings. The van der Waals surface area contributed by atoms with E-state index in [9.17, 15) is 18.0 Å². The van der Waals surface area contributed by atoms with Crippen molar-refractivity contribution in [3.63, 3.8) is 0 Å². The van der Waals surface area contributed by atoms with E-state index in [0.29, 0.717) is 24.6 Å². The maximum Gasteiger partial charge on any atom is 0.418 e. The molecule has 2 aliphatic rings. The first-order valence-electron chi connectivity index (χ1n) is 11.6. The van der Waals surface area contributed by atoms with Crippen molar-refractivity contribution in [2.45, 2.75) is 50.4 Å². The number of rotatable bonds is 6. The highest BCUT2D eigenvalue weighted by Crippen LogP contribution is 2.36. The average Bonchev–Trinajstić information content (AvgIpc) is 3.49. The molecule has 1 aromatic heterocycles. The quantitative estimate of drug-likeness (QED) is 0.496. The Hall–Kier alpha value is -3.43. The van der Waals surface area contributed by atoms with E-state index >= 15 is 0 Å². The zero-order chi connectivity index (χ0) is 24.6. The Morgan fingerprint density at radius 3 is 2.71 bits per heavy atom. The van der Waals surface area contributed by atoms with Gasteiger partial charge in [-0.1, -0.05) is 12.1 Å². The lowest BCUT2D eigenvalue weighted by atomic mass is 9.96. The van der Waals surface area contributed by atoms with E-state index in [1.165, 1.54) is 17.0 Å². The van der Waals surface area contributed by atoms with Crippen LogP contribution in [-0.4, -0.2) is 42.2 Å². The Morgan fingerprint density at radius 1 is 1.17 bits per heavy atom. The molecule has 1 unspecified atom stereocenters. The molecule has 186 valence electrons. The lowest BCUT2D eigenvalue weighted by Crippen LogP contribution is -2.49. The van der Waals surface area contributed by atoms with Gasteiger partial charge in [-0.2, -0.15) is 13.2 Å². The highest BCUT2D eigenvalue weighted by molar-refractivity contribution is 5.78. The van der Waals surface area contributed by atoms with E-state index in [-0.39, 0.29) is 41.6 Å². The Morgan fingerprint density at radius 2 is 1.97 bits per heavy atom. The molecule has 1 aliphatic carbocycles. The van der Waals surface area contributed by atoms with Crippen LogP contribution in [0.4, 0.5) is 18.0 Å². The minimum atomic E-state index is -4.55. The second kappa shape index (κ2) is 9.31. The van der Waals surface area contributed by atoms with E-state index in [0.717, 1.165) is 37.3 Å². The highest BCUT2D eigenvalue weighted by Gasteiger charge is 2.35. The number of fused-ring (bicyclic) bond motifs is 1. The van der Waals surface area contributed by atoms with Gasteiger partial charge in [0.25, 0.3) is 0 Å². The number of hydrogen-bond acceptors (Lipinski definition) is 5. The number of nitrogens with one attached hydrogen (secondary N) is 1. The van der Waals surface area contributed by atoms with Crippen LogP contribution < -0.4 is 14.8 Å². The third-order valence-corrected chi connectivity index (χ3v) is 6.58. The monoisotopic (exact) mass is 489 g/mol. The fourth-order valence-corrected chi connectivity index (χ4v) is 4.77. The van der Waals surface area contributed by atoms with Crippen LogP contribution in [0.2, 0.25) is 0 Å². The number of nitrogens with zero attached hydrogens (tertiary/aromatic N) is 2. The van der Waals surface area contributed by atoms with Crippen molar-refractivity contribution in [1.82, 2.24) is 15.2 Å². The van der Waals surface area contributed by atoms with Gasteiger partial charge in [0, 0.05) is 19.0 Å². The number of halogens is 3. The van der Waals surface area contributed by atoms with Gasteiger partial charge < -0.3 is 24.1 Å². The van der Waals surface area contributed by atoms with Crippen LogP contribution in [0.5, 0.6) is 11.5 Å². The van der Waals surface area contributed by atoms with E-state index in [2.05, 4.69) is 10.3 Å². The summed E-state index contributed by atoms with van der Waals surface area (Å²) in [6.07, 6.45) is -0.0499. The lowest BCUT2D eigenvalue weighted by molar-refractivity contribution is -0.136. The Kier molecular flexibility index (Phi) is 6.21. The summed E-state index contributed by atoms with van der Waals surface area (Å²) >= 11 is 0. The fraction of sp³-hybridized carbons (Fsp3) is 0.440. The molecule has 10 heteroatoms. The first-order valence-corrected chi connectivity index (χ1v) is 11.6. The van der Waals surface area contributed by atoms with Crippen molar-refractivity contribution in [3.8, 4) is 11.5 Å². The molecular weight excluding hydrogens is 463 g/mol. The van der Waals surface area contributed by atoms with Gasteiger partial charge in [0.1, 0.15) is 5.52 Å². The molecule has 1 saturated heterocycles. The van der Waals surface area contributed by atoms with Crippen LogP contribution in [0, 0.1) is 0 Å². The number of aromatic nitrogens is 1. The molecule has 35 heavy (non-hydrogen) atoms. The molecule has 1 aliphatic heterocycles. The summed E-state index contributed by atoms with van der Waals surface area (Å²) in [7, 11) is 1.60. The Labute approximate surface area is 200 Å². The van der Waals surface area contributed by atoms with Gasteiger partial charge in [-0.05, 0) is 55.5 Å². The molecule has 2 aromatic carbocycles. The van der Waals surface area contributed by atoms with Gasteiger partial charge in [-0.25, -0.2) is 9.78 Å². The standard InChI is InChI=1S/C25H26F3N3O4/c1-33-19-10-9-15(11-21(19)34-17-5-2-3-6-17)16-12-29-24(32)31(13-16)14-22-30-23-18(25(26,27)28)7-4-8-20(23)35-22/h4,7-11,16-17H,2-3,5-6,12-14H2,1H3,(H,29,32). The summed E-state index contributed by atoms with van der Waals surface area (Å²) in [4.78, 5) is 18.1. The molecule has 0 radical (unpaired) electrons. The number of carbonyl (C=O) groups is 1. The lowest BCUT2D eigenvalue weighted by Gasteiger charge is -2.33. The van der Waals surface area contributed by atoms with Crippen LogP contribution in [0.25, 0.3) is 11.1 Å². The van der Waals surface area contributed by atoms with Crippen molar-refractivity contribution in [3.05, 3.63) is 53.4 Å². The number of benzene rings is 2. The van der Waals surface area contributed by atoms with E-state index in [4.69, 9.17) is 13.9 Å². The molecule has 2 amide bonds. The zero-order valence-electron chi connectivity index (χ0n) is 19.2. The van der Waals surface area contributed by atoms with Crippen molar-refractivity contribution in [2.24, 2.45) is 0 Å². The topological polar surface area (TPSA) is 76.8 Å². The summed E-state index contributed by atoms with van der Waals surface area (Å²) in [5.41, 5.74) is -0.111. The van der Waals surface area contributed by atoms with Gasteiger partial charge in [0.2, 0.25) is 5.89 Å². The highest BCUT2D eigenvalue weighted by atomic mass is 19.4. The molecule has 7 nitrogen and oxygen atoms in total. The smallest absolute Gasteiger partial charge is 0.418 e. The van der Waals surface area contributed by atoms with Crippen molar-refractivity contribution < 1.29 is 31.9 Å². The van der Waals surface area contributed by atoms with E-state index in [1.807, 2.05) is 18.2 Å². The molecule has 1 saturated carbocycles. The number of para-hydroxylation sites is 1. The van der Waals surface area contributed by atoms with Crippen molar-refractivity contribution in [1.29, 1.82) is 0 Å². The first kappa shape index (κ1) is 23.3. The SMILES string of the molecule is COc1ccc(C2CNC(=O)N(Cc3nc4c(C(F)(F)F)cccc4o3)C2)cc1OC1CCCC1. The van der Waals surface area contributed by atoms with Gasteiger partial charge in [0.15, 0.2) is 17.1 Å². The average molecular weight is 489 g/mol. The number of carbonyl (C=O) groups excluding carboxylic acids is 1. The summed E-state index contributed by atoms with van der Waals surface area (Å²) in [5, 5.41) is 2.86. The van der Waals surface area contributed by atoms with Crippen molar-refractivity contribution in [2.75, 3.05) is 20.2 Å². The normalized spacial score (nSPS) is 19.3. The third-order valence-electron chi connectivity index (χ3n) is 6.58. The number of urea groups is 1.